The van der Waals surface area contributed by atoms with E-state index >= 15 is 0 Å². The molecule has 0 spiro atoms. The normalized spacial score (nSPS) is 17.7. The van der Waals surface area contributed by atoms with Crippen molar-refractivity contribution >= 4 is 17.4 Å². The molecule has 1 fully saturated rings. The quantitative estimate of drug-likeness (QED) is 0.392. The number of Topliss-reactive ketones (excluding diaryl/α,β-unsaturated/α-hetero) is 1. The van der Waals surface area contributed by atoms with E-state index in [4.69, 9.17) is 14.2 Å². The van der Waals surface area contributed by atoms with Crippen LogP contribution in [0.15, 0.2) is 48.0 Å². The Morgan fingerprint density at radius 1 is 1.00 bits per heavy atom. The van der Waals surface area contributed by atoms with Crippen molar-refractivity contribution in [2.24, 2.45) is 0 Å². The van der Waals surface area contributed by atoms with Gasteiger partial charge >= 0.3 is 0 Å². The molecule has 3 rings (SSSR count). The Morgan fingerprint density at radius 2 is 1.68 bits per heavy atom. The van der Waals surface area contributed by atoms with Crippen LogP contribution in [0.5, 0.6) is 17.2 Å². The maximum Gasteiger partial charge on any atom is 0.295 e. The van der Waals surface area contributed by atoms with Crippen molar-refractivity contribution in [3.63, 3.8) is 0 Å². The minimum atomic E-state index is -0.730. The molecule has 1 aliphatic heterocycles. The van der Waals surface area contributed by atoms with Gasteiger partial charge < -0.3 is 24.2 Å². The molecule has 1 heterocycles. The summed E-state index contributed by atoms with van der Waals surface area (Å²) in [5.41, 5.74) is 1.14. The van der Waals surface area contributed by atoms with Crippen molar-refractivity contribution in [1.29, 1.82) is 0 Å². The third-order valence-corrected chi connectivity index (χ3v) is 5.17. The maximum atomic E-state index is 12.9. The SMILES string of the molecule is CCCN1C(=O)C(=O)/C(=C(\O)c2ccc(OCC)cc2)C1c1ccc(OC)c(OC)c1. The van der Waals surface area contributed by atoms with Gasteiger partial charge in [-0.3, -0.25) is 9.59 Å². The van der Waals surface area contributed by atoms with Gasteiger partial charge in [0.2, 0.25) is 0 Å². The van der Waals surface area contributed by atoms with Crippen LogP contribution < -0.4 is 14.2 Å². The number of carbonyl (C=O) groups excluding carboxylic acids is 2. The van der Waals surface area contributed by atoms with E-state index in [2.05, 4.69) is 0 Å². The van der Waals surface area contributed by atoms with E-state index < -0.39 is 17.7 Å². The van der Waals surface area contributed by atoms with Crippen LogP contribution >= 0.6 is 0 Å². The van der Waals surface area contributed by atoms with Gasteiger partial charge in [-0.15, -0.1) is 0 Å². The van der Waals surface area contributed by atoms with Crippen LogP contribution in [0.3, 0.4) is 0 Å². The number of aliphatic hydroxyl groups is 1. The second-order valence-electron chi connectivity index (χ2n) is 7.06. The van der Waals surface area contributed by atoms with Crippen molar-refractivity contribution < 1.29 is 28.9 Å². The summed E-state index contributed by atoms with van der Waals surface area (Å²) in [4.78, 5) is 27.2. The van der Waals surface area contributed by atoms with E-state index in [9.17, 15) is 14.7 Å². The number of nitrogens with zero attached hydrogens (tertiary/aromatic N) is 1. The summed E-state index contributed by atoms with van der Waals surface area (Å²) in [6.45, 7) is 4.71. The molecule has 2 aromatic rings. The van der Waals surface area contributed by atoms with E-state index in [0.29, 0.717) is 47.9 Å². The van der Waals surface area contributed by atoms with Crippen LogP contribution in [0, 0.1) is 0 Å². The number of hydrogen-bond donors (Lipinski definition) is 1. The molecule has 1 unspecified atom stereocenters. The lowest BCUT2D eigenvalue weighted by Crippen LogP contribution is -2.30. The van der Waals surface area contributed by atoms with Gasteiger partial charge in [0.15, 0.2) is 11.5 Å². The molecule has 2 aromatic carbocycles. The average Bonchev–Trinajstić information content (AvgIpc) is 3.04. The van der Waals surface area contributed by atoms with E-state index in [1.807, 2.05) is 13.8 Å². The summed E-state index contributed by atoms with van der Waals surface area (Å²) >= 11 is 0. The molecule has 0 aromatic heterocycles. The predicted octanol–water partition coefficient (Wildman–Crippen LogP) is 3.93. The lowest BCUT2D eigenvalue weighted by molar-refractivity contribution is -0.139. The Labute approximate surface area is 181 Å². The fraction of sp³-hybridized carbons (Fsp3) is 0.333. The zero-order valence-electron chi connectivity index (χ0n) is 18.2. The molecule has 7 heteroatoms. The first-order chi connectivity index (χ1) is 15.0. The number of ketones is 1. The molecule has 31 heavy (non-hydrogen) atoms. The molecule has 0 radical (unpaired) electrons. The topological polar surface area (TPSA) is 85.3 Å². The van der Waals surface area contributed by atoms with Crippen LogP contribution in [0.1, 0.15) is 37.4 Å². The molecule has 1 aliphatic rings. The zero-order valence-corrected chi connectivity index (χ0v) is 18.2. The van der Waals surface area contributed by atoms with E-state index in [1.54, 1.807) is 42.5 Å². The second-order valence-corrected chi connectivity index (χ2v) is 7.06. The second kappa shape index (κ2) is 9.55. The van der Waals surface area contributed by atoms with Crippen LogP contribution in [-0.4, -0.2) is 49.1 Å². The van der Waals surface area contributed by atoms with Crippen molar-refractivity contribution in [1.82, 2.24) is 4.90 Å². The predicted molar refractivity (Wildman–Crippen MR) is 116 cm³/mol. The first kappa shape index (κ1) is 22.2. The number of aliphatic hydroxyl groups excluding tert-OH is 1. The van der Waals surface area contributed by atoms with Gasteiger partial charge in [-0.2, -0.15) is 0 Å². The number of amides is 1. The Kier molecular flexibility index (Phi) is 6.84. The molecule has 1 amide bonds. The summed E-state index contributed by atoms with van der Waals surface area (Å²) in [6, 6.07) is 11.2. The van der Waals surface area contributed by atoms with Gasteiger partial charge in [0, 0.05) is 12.1 Å². The standard InChI is InChI=1S/C24H27NO6/c1-5-13-25-21(16-9-12-18(29-3)19(14-16)30-4)20(23(27)24(25)28)22(26)15-7-10-17(11-8-15)31-6-2/h7-12,14,21,26H,5-6,13H2,1-4H3/b22-20-. The van der Waals surface area contributed by atoms with E-state index in [-0.39, 0.29) is 11.3 Å². The smallest absolute Gasteiger partial charge is 0.295 e. The Hall–Kier alpha value is -3.48. The lowest BCUT2D eigenvalue weighted by Gasteiger charge is -2.25. The summed E-state index contributed by atoms with van der Waals surface area (Å²) in [6.07, 6.45) is 0.667. The molecule has 0 aliphatic carbocycles. The Bertz CT molecular complexity index is 996. The van der Waals surface area contributed by atoms with Crippen molar-refractivity contribution in [3.8, 4) is 17.2 Å². The van der Waals surface area contributed by atoms with Gasteiger partial charge in [0.25, 0.3) is 11.7 Å². The Balaban J connectivity index is 2.15. The van der Waals surface area contributed by atoms with Crippen LogP contribution in [0.4, 0.5) is 0 Å². The third-order valence-electron chi connectivity index (χ3n) is 5.17. The Morgan fingerprint density at radius 3 is 2.26 bits per heavy atom. The number of methoxy groups -OCH3 is 2. The average molecular weight is 425 g/mol. The van der Waals surface area contributed by atoms with Crippen LogP contribution in [0.2, 0.25) is 0 Å². The van der Waals surface area contributed by atoms with Crippen molar-refractivity contribution in [3.05, 3.63) is 59.2 Å². The van der Waals surface area contributed by atoms with Crippen molar-refractivity contribution in [2.75, 3.05) is 27.4 Å². The minimum Gasteiger partial charge on any atom is -0.507 e. The highest BCUT2D eigenvalue weighted by atomic mass is 16.5. The van der Waals surface area contributed by atoms with Gasteiger partial charge in [-0.1, -0.05) is 13.0 Å². The third kappa shape index (κ3) is 4.21. The highest BCUT2D eigenvalue weighted by Gasteiger charge is 2.45. The van der Waals surface area contributed by atoms with Crippen LogP contribution in [0.25, 0.3) is 5.76 Å². The number of likely N-dealkylation sites (tertiary alicyclic amines) is 1. The lowest BCUT2D eigenvalue weighted by atomic mass is 9.95. The molecule has 1 saturated heterocycles. The number of rotatable bonds is 8. The summed E-state index contributed by atoms with van der Waals surface area (Å²) in [7, 11) is 3.05. The molecule has 1 atom stereocenters. The molecular weight excluding hydrogens is 398 g/mol. The van der Waals surface area contributed by atoms with Gasteiger partial charge in [0.1, 0.15) is 11.5 Å². The van der Waals surface area contributed by atoms with E-state index in [1.165, 1.54) is 19.1 Å². The number of benzene rings is 2. The summed E-state index contributed by atoms with van der Waals surface area (Å²) in [5, 5.41) is 11.1. The van der Waals surface area contributed by atoms with Crippen LogP contribution in [-0.2, 0) is 9.59 Å². The summed E-state index contributed by atoms with van der Waals surface area (Å²) in [5.74, 6) is 0.101. The van der Waals surface area contributed by atoms with Crippen molar-refractivity contribution in [2.45, 2.75) is 26.3 Å². The number of ether oxygens (including phenoxy) is 3. The van der Waals surface area contributed by atoms with Gasteiger partial charge in [-0.25, -0.2) is 0 Å². The molecular formula is C24H27NO6. The highest BCUT2D eigenvalue weighted by Crippen LogP contribution is 2.42. The fourth-order valence-corrected chi connectivity index (χ4v) is 3.75. The summed E-state index contributed by atoms with van der Waals surface area (Å²) < 4.78 is 16.1. The van der Waals surface area contributed by atoms with E-state index in [0.717, 1.165) is 0 Å². The molecule has 0 saturated carbocycles. The first-order valence-electron chi connectivity index (χ1n) is 10.2. The first-order valence-corrected chi connectivity index (χ1v) is 10.2. The molecule has 164 valence electrons. The highest BCUT2D eigenvalue weighted by molar-refractivity contribution is 6.46. The minimum absolute atomic E-state index is 0.0508. The molecule has 7 nitrogen and oxygen atoms in total. The monoisotopic (exact) mass is 425 g/mol. The van der Waals surface area contributed by atoms with Gasteiger partial charge in [-0.05, 0) is 55.3 Å². The maximum absolute atomic E-state index is 12.9. The molecule has 0 bridgehead atoms. The number of hydrogen-bond acceptors (Lipinski definition) is 6. The fourth-order valence-electron chi connectivity index (χ4n) is 3.75. The largest absolute Gasteiger partial charge is 0.507 e. The van der Waals surface area contributed by atoms with Gasteiger partial charge in [0.05, 0.1) is 32.4 Å². The number of carbonyl (C=O) groups is 2. The molecule has 1 N–H and O–H groups in total. The zero-order chi connectivity index (χ0) is 22.5.